The highest BCUT2D eigenvalue weighted by molar-refractivity contribution is 6.19. The lowest BCUT2D eigenvalue weighted by Gasteiger charge is -2.56. The fourth-order valence-corrected chi connectivity index (χ4v) is 8.41. The summed E-state index contributed by atoms with van der Waals surface area (Å²) in [5, 5.41) is 9.70. The fraction of sp³-hybridized carbons (Fsp3) is 0.500. The van der Waals surface area contributed by atoms with E-state index in [0.29, 0.717) is 36.1 Å². The molecule has 1 aromatic carbocycles. The van der Waals surface area contributed by atoms with Crippen LogP contribution in [0.25, 0.3) is 6.08 Å². The third-order valence-electron chi connectivity index (χ3n) is 10.7. The van der Waals surface area contributed by atoms with Crippen LogP contribution in [0.15, 0.2) is 52.7 Å². The van der Waals surface area contributed by atoms with Crippen LogP contribution in [0.2, 0.25) is 0 Å². The number of carbonyl (C=O) groups is 4. The van der Waals surface area contributed by atoms with Crippen LogP contribution in [0.3, 0.4) is 0 Å². The summed E-state index contributed by atoms with van der Waals surface area (Å²) >= 11 is 0. The summed E-state index contributed by atoms with van der Waals surface area (Å²) in [7, 11) is 0. The number of carbonyl (C=O) groups excluding carboxylic acids is 3. The standard InChI is InChI=1S/C40H46O9/c1-21(2)11-10-16-38(9)17-15-27-32(47-38)26(13-12-22(3)4)34-30(33(27)46-24(6)41)31(42)28-19-25-20-29-37(7,8)49-39(35(25)43,40(28,29)48-34)18-14-23(5)36(44)45/h11-12,14-15,17,19,25,29H,10,13,16,18,20H2,1-9H3,(H,44,45)/b23-14-. The average molecular weight is 671 g/mol. The molecule has 5 atom stereocenters. The molecule has 3 heterocycles. The Kier molecular flexibility index (Phi) is 8.25. The van der Waals surface area contributed by atoms with Gasteiger partial charge in [0.05, 0.1) is 11.2 Å². The highest BCUT2D eigenvalue weighted by Gasteiger charge is 2.81. The minimum Gasteiger partial charge on any atom is -0.482 e. The maximum absolute atomic E-state index is 15.1. The minimum absolute atomic E-state index is 0.0535. The zero-order valence-corrected chi connectivity index (χ0v) is 29.9. The van der Waals surface area contributed by atoms with Crippen LogP contribution in [0, 0.1) is 11.8 Å². The monoisotopic (exact) mass is 670 g/mol. The van der Waals surface area contributed by atoms with Gasteiger partial charge in [-0.25, -0.2) is 4.79 Å². The number of hydrogen-bond acceptors (Lipinski definition) is 8. The number of Topliss-reactive ketones (excluding diaryl/α,β-unsaturated/α-hetero) is 2. The van der Waals surface area contributed by atoms with E-state index >= 15 is 4.79 Å². The summed E-state index contributed by atoms with van der Waals surface area (Å²) in [6.07, 6.45) is 13.3. The molecule has 1 saturated heterocycles. The van der Waals surface area contributed by atoms with Crippen LogP contribution < -0.4 is 14.2 Å². The second kappa shape index (κ2) is 11.7. The van der Waals surface area contributed by atoms with Gasteiger partial charge in [-0.2, -0.15) is 0 Å². The third-order valence-corrected chi connectivity index (χ3v) is 10.7. The first-order valence-corrected chi connectivity index (χ1v) is 17.0. The van der Waals surface area contributed by atoms with Crippen LogP contribution in [-0.2, 0) is 25.5 Å². The average Bonchev–Trinajstić information content (AvgIpc) is 3.15. The number of esters is 1. The Morgan fingerprint density at radius 3 is 2.31 bits per heavy atom. The molecule has 5 unspecified atom stereocenters. The second-order valence-corrected chi connectivity index (χ2v) is 15.3. The number of fused-ring (bicyclic) bond motifs is 2. The molecule has 3 aliphatic heterocycles. The maximum atomic E-state index is 15.1. The van der Waals surface area contributed by atoms with Gasteiger partial charge < -0.3 is 24.1 Å². The molecular formula is C40H46O9. The Morgan fingerprint density at radius 2 is 1.67 bits per heavy atom. The Balaban J connectivity index is 1.64. The Morgan fingerprint density at radius 1 is 0.980 bits per heavy atom. The predicted octanol–water partition coefficient (Wildman–Crippen LogP) is 7.46. The molecule has 0 amide bonds. The molecule has 1 saturated carbocycles. The maximum Gasteiger partial charge on any atom is 0.330 e. The van der Waals surface area contributed by atoms with Gasteiger partial charge in [-0.3, -0.25) is 14.4 Å². The number of ether oxygens (including phenoxy) is 4. The number of aliphatic carboxylic acids is 1. The Hall–Kier alpha value is -4.24. The van der Waals surface area contributed by atoms with Gasteiger partial charge in [0.1, 0.15) is 22.7 Å². The Labute approximate surface area is 287 Å². The van der Waals surface area contributed by atoms with Gasteiger partial charge in [-0.05, 0) is 93.2 Å². The van der Waals surface area contributed by atoms with Crippen molar-refractivity contribution in [1.82, 2.24) is 0 Å². The van der Waals surface area contributed by atoms with Crippen LogP contribution in [0.1, 0.15) is 109 Å². The zero-order chi connectivity index (χ0) is 35.8. The van der Waals surface area contributed by atoms with Gasteiger partial charge in [0.25, 0.3) is 0 Å². The largest absolute Gasteiger partial charge is 0.482 e. The molecule has 2 fully saturated rings. The summed E-state index contributed by atoms with van der Waals surface area (Å²) < 4.78 is 26.7. The molecule has 1 aromatic rings. The molecule has 3 aliphatic carbocycles. The van der Waals surface area contributed by atoms with Gasteiger partial charge in [0.15, 0.2) is 28.5 Å². The van der Waals surface area contributed by atoms with E-state index in [1.807, 2.05) is 66.7 Å². The second-order valence-electron chi connectivity index (χ2n) is 15.3. The molecule has 4 bridgehead atoms. The van der Waals surface area contributed by atoms with Crippen molar-refractivity contribution in [1.29, 1.82) is 0 Å². The van der Waals surface area contributed by atoms with E-state index in [9.17, 15) is 19.5 Å². The molecule has 49 heavy (non-hydrogen) atoms. The van der Waals surface area contributed by atoms with Gasteiger partial charge >= 0.3 is 11.9 Å². The molecule has 9 nitrogen and oxygen atoms in total. The highest BCUT2D eigenvalue weighted by Crippen LogP contribution is 2.68. The van der Waals surface area contributed by atoms with Crippen molar-refractivity contribution in [2.75, 3.05) is 0 Å². The third kappa shape index (κ3) is 5.23. The molecule has 0 aromatic heterocycles. The van der Waals surface area contributed by atoms with Gasteiger partial charge in [0, 0.05) is 41.9 Å². The van der Waals surface area contributed by atoms with Crippen LogP contribution in [0.4, 0.5) is 0 Å². The van der Waals surface area contributed by atoms with E-state index in [0.717, 1.165) is 12.0 Å². The first kappa shape index (κ1) is 34.6. The first-order valence-electron chi connectivity index (χ1n) is 17.0. The lowest BCUT2D eigenvalue weighted by Crippen LogP contribution is -2.72. The number of carboxylic acid groups (broad SMARTS) is 1. The molecular weight excluding hydrogens is 624 g/mol. The lowest BCUT2D eigenvalue weighted by atomic mass is 9.51. The van der Waals surface area contributed by atoms with Crippen molar-refractivity contribution in [3.05, 3.63) is 69.4 Å². The summed E-state index contributed by atoms with van der Waals surface area (Å²) in [5.74, 6) is -2.71. The number of rotatable bonds is 9. The predicted molar refractivity (Wildman–Crippen MR) is 184 cm³/mol. The zero-order valence-electron chi connectivity index (χ0n) is 29.9. The SMILES string of the molecule is CC(=O)Oc1c2c(c(CC=C(C)C)c3c1C(=O)C1=CC4CC5C(C)(C)OC(C/C=C(/C)C(=O)O)(C4=O)C15O3)OC(C)(CCC=C(C)C)C=C2. The van der Waals surface area contributed by atoms with Crippen molar-refractivity contribution >= 4 is 29.6 Å². The molecule has 1 spiro atoms. The highest BCUT2D eigenvalue weighted by atomic mass is 16.6. The molecule has 260 valence electrons. The van der Waals surface area contributed by atoms with Crippen LogP contribution in [-0.4, -0.2) is 51.0 Å². The van der Waals surface area contributed by atoms with E-state index in [1.54, 1.807) is 6.08 Å². The Bertz CT molecular complexity index is 1840. The van der Waals surface area contributed by atoms with Gasteiger partial charge in [0.2, 0.25) is 0 Å². The summed E-state index contributed by atoms with van der Waals surface area (Å²) in [6.45, 7) is 16.6. The summed E-state index contributed by atoms with van der Waals surface area (Å²) in [5.41, 5.74) is -1.08. The number of carboxylic acids is 1. The topological polar surface area (TPSA) is 125 Å². The molecule has 7 rings (SSSR count). The quantitative estimate of drug-likeness (QED) is 0.123. The number of ketones is 2. The van der Waals surface area contributed by atoms with E-state index in [4.69, 9.17) is 18.9 Å². The number of allylic oxidation sites excluding steroid dienone is 5. The van der Waals surface area contributed by atoms with Gasteiger partial charge in [-0.1, -0.05) is 35.5 Å². The van der Waals surface area contributed by atoms with Crippen LogP contribution >= 0.6 is 0 Å². The normalized spacial score (nSPS) is 29.9. The van der Waals surface area contributed by atoms with Gasteiger partial charge in [-0.15, -0.1) is 0 Å². The molecule has 6 aliphatic rings. The number of hydrogen-bond donors (Lipinski definition) is 1. The van der Waals surface area contributed by atoms with E-state index < -0.39 is 52.0 Å². The summed E-state index contributed by atoms with van der Waals surface area (Å²) in [4.78, 5) is 54.0. The molecule has 9 heteroatoms. The first-order chi connectivity index (χ1) is 22.9. The smallest absolute Gasteiger partial charge is 0.330 e. The van der Waals surface area contributed by atoms with Crippen molar-refractivity contribution in [3.8, 4) is 17.2 Å². The van der Waals surface area contributed by atoms with Crippen molar-refractivity contribution in [2.45, 2.75) is 117 Å². The van der Waals surface area contributed by atoms with E-state index in [-0.39, 0.29) is 40.4 Å². The molecule has 1 N–H and O–H groups in total. The van der Waals surface area contributed by atoms with E-state index in [2.05, 4.69) is 6.08 Å². The minimum atomic E-state index is -1.66. The van der Waals surface area contributed by atoms with Crippen LogP contribution in [0.5, 0.6) is 17.2 Å². The van der Waals surface area contributed by atoms with E-state index in [1.165, 1.54) is 25.5 Å². The fourth-order valence-electron chi connectivity index (χ4n) is 8.41. The molecule has 0 radical (unpaired) electrons. The summed E-state index contributed by atoms with van der Waals surface area (Å²) in [6, 6.07) is 0. The van der Waals surface area contributed by atoms with Crippen molar-refractivity contribution in [2.24, 2.45) is 11.8 Å². The lowest BCUT2D eigenvalue weighted by molar-refractivity contribution is -0.171. The number of benzene rings is 1. The van der Waals surface area contributed by atoms with Crippen molar-refractivity contribution in [3.63, 3.8) is 0 Å². The van der Waals surface area contributed by atoms with Crippen molar-refractivity contribution < 1.29 is 43.2 Å².